The first kappa shape index (κ1) is 18.3. The van der Waals surface area contributed by atoms with E-state index in [4.69, 9.17) is 27.9 Å². The molecule has 0 fully saturated rings. The quantitative estimate of drug-likeness (QED) is 0.719. The number of nitrogens with zero attached hydrogens (tertiary/aromatic N) is 1. The Morgan fingerprint density at radius 3 is 2.46 bits per heavy atom. The average Bonchev–Trinajstić information content (AvgIpc) is 2.56. The number of para-hydroxylation sites is 1. The first-order chi connectivity index (χ1) is 11.4. The number of Topliss-reactive ketones (excluding diaryl/α,β-unsaturated/α-hetero) is 1. The van der Waals surface area contributed by atoms with Crippen molar-refractivity contribution in [3.63, 3.8) is 0 Å². The molecular weight excluding hydrogens is 349 g/mol. The molecular formula is C18H17Cl2NO3. The molecule has 0 saturated heterocycles. The summed E-state index contributed by atoms with van der Waals surface area (Å²) in [6.45, 7) is 1.69. The predicted octanol–water partition coefficient (Wildman–Crippen LogP) is 4.23. The number of likely N-dealkylation sites (N-methyl/N-ethyl adjacent to an activating group) is 1. The number of ketones is 1. The molecule has 1 amide bonds. The Labute approximate surface area is 150 Å². The molecule has 0 aliphatic carbocycles. The van der Waals surface area contributed by atoms with Gasteiger partial charge in [0.05, 0.1) is 15.6 Å². The number of amides is 1. The molecule has 0 radical (unpaired) electrons. The Kier molecular flexibility index (Phi) is 6.23. The maximum atomic E-state index is 12.2. The molecule has 6 heteroatoms. The van der Waals surface area contributed by atoms with Crippen LogP contribution in [0.4, 0.5) is 0 Å². The van der Waals surface area contributed by atoms with Crippen molar-refractivity contribution in [1.82, 2.24) is 4.90 Å². The van der Waals surface area contributed by atoms with Crippen LogP contribution in [0.1, 0.15) is 22.8 Å². The third kappa shape index (κ3) is 4.73. The van der Waals surface area contributed by atoms with Gasteiger partial charge in [0.15, 0.2) is 12.4 Å². The fraction of sp³-hybridized carbons (Fsp3) is 0.222. The molecule has 0 heterocycles. The lowest BCUT2D eigenvalue weighted by atomic mass is 10.1. The highest BCUT2D eigenvalue weighted by atomic mass is 35.5. The van der Waals surface area contributed by atoms with Crippen LogP contribution in [-0.2, 0) is 11.3 Å². The molecule has 0 saturated carbocycles. The monoisotopic (exact) mass is 365 g/mol. The van der Waals surface area contributed by atoms with Crippen LogP contribution >= 0.6 is 23.2 Å². The number of carbonyl (C=O) groups excluding carboxylic acids is 2. The molecule has 4 nitrogen and oxygen atoms in total. The second-order valence-corrected chi connectivity index (χ2v) is 6.15. The maximum Gasteiger partial charge on any atom is 0.260 e. The zero-order valence-corrected chi connectivity index (χ0v) is 14.9. The summed E-state index contributed by atoms with van der Waals surface area (Å²) in [5.41, 5.74) is 1.32. The number of halogens is 2. The van der Waals surface area contributed by atoms with E-state index >= 15 is 0 Å². The summed E-state index contributed by atoms with van der Waals surface area (Å²) in [5.74, 6) is 0.0860. The third-order valence-corrected chi connectivity index (χ3v) is 4.19. The first-order valence-corrected chi connectivity index (χ1v) is 8.04. The van der Waals surface area contributed by atoms with E-state index in [-0.39, 0.29) is 18.3 Å². The van der Waals surface area contributed by atoms with Crippen LogP contribution in [0, 0.1) is 0 Å². The summed E-state index contributed by atoms with van der Waals surface area (Å²) in [4.78, 5) is 25.3. The highest BCUT2D eigenvalue weighted by Gasteiger charge is 2.13. The molecule has 0 spiro atoms. The Hall–Kier alpha value is -2.04. The van der Waals surface area contributed by atoms with Crippen molar-refractivity contribution >= 4 is 34.9 Å². The van der Waals surface area contributed by atoms with Crippen molar-refractivity contribution in [2.45, 2.75) is 13.5 Å². The molecule has 2 rings (SSSR count). The van der Waals surface area contributed by atoms with Crippen LogP contribution in [0.25, 0.3) is 0 Å². The Bertz CT molecular complexity index is 762. The van der Waals surface area contributed by atoms with E-state index in [1.165, 1.54) is 11.8 Å². The molecule has 2 aromatic rings. The van der Waals surface area contributed by atoms with Gasteiger partial charge in [-0.1, -0.05) is 41.4 Å². The summed E-state index contributed by atoms with van der Waals surface area (Å²) in [7, 11) is 1.67. The Balaban J connectivity index is 1.97. The van der Waals surface area contributed by atoms with Gasteiger partial charge in [0.2, 0.25) is 0 Å². The molecule has 0 aliphatic heterocycles. The van der Waals surface area contributed by atoms with Crippen LogP contribution in [0.5, 0.6) is 5.75 Å². The van der Waals surface area contributed by atoms with Gasteiger partial charge in [-0.25, -0.2) is 0 Å². The number of hydrogen-bond donors (Lipinski definition) is 0. The van der Waals surface area contributed by atoms with Gasteiger partial charge in [0.1, 0.15) is 5.75 Å². The van der Waals surface area contributed by atoms with Crippen molar-refractivity contribution in [1.29, 1.82) is 0 Å². The molecule has 126 valence electrons. The van der Waals surface area contributed by atoms with Gasteiger partial charge in [-0.05, 0) is 36.8 Å². The van der Waals surface area contributed by atoms with Gasteiger partial charge in [0.25, 0.3) is 5.91 Å². The van der Waals surface area contributed by atoms with Gasteiger partial charge in [-0.15, -0.1) is 0 Å². The minimum Gasteiger partial charge on any atom is -0.483 e. The standard InChI is InChI=1S/C18H17Cl2NO3/c1-12(22)14-5-3-4-6-17(14)24-11-18(23)21(2)10-13-7-8-15(19)16(20)9-13/h3-9H,10-11H2,1-2H3. The molecule has 24 heavy (non-hydrogen) atoms. The SMILES string of the molecule is CC(=O)c1ccccc1OCC(=O)N(C)Cc1ccc(Cl)c(Cl)c1. The molecule has 0 N–H and O–H groups in total. The lowest BCUT2D eigenvalue weighted by Crippen LogP contribution is -2.31. The summed E-state index contributed by atoms with van der Waals surface area (Å²) < 4.78 is 5.50. The van der Waals surface area contributed by atoms with Gasteiger partial charge < -0.3 is 9.64 Å². The van der Waals surface area contributed by atoms with E-state index in [2.05, 4.69) is 0 Å². The number of benzene rings is 2. The van der Waals surface area contributed by atoms with Gasteiger partial charge in [0, 0.05) is 13.6 Å². The third-order valence-electron chi connectivity index (χ3n) is 3.45. The van der Waals surface area contributed by atoms with Crippen molar-refractivity contribution in [3.05, 3.63) is 63.6 Å². The van der Waals surface area contributed by atoms with Gasteiger partial charge >= 0.3 is 0 Å². The normalized spacial score (nSPS) is 10.3. The summed E-state index contributed by atoms with van der Waals surface area (Å²) in [6, 6.07) is 12.1. The molecule has 0 unspecified atom stereocenters. The van der Waals surface area contributed by atoms with Crippen LogP contribution in [-0.4, -0.2) is 30.2 Å². The summed E-state index contributed by atoms with van der Waals surface area (Å²) >= 11 is 11.9. The van der Waals surface area contributed by atoms with E-state index in [1.54, 1.807) is 43.4 Å². The van der Waals surface area contributed by atoms with Crippen molar-refractivity contribution in [2.24, 2.45) is 0 Å². The highest BCUT2D eigenvalue weighted by Crippen LogP contribution is 2.23. The van der Waals surface area contributed by atoms with Crippen LogP contribution in [0.2, 0.25) is 10.0 Å². The predicted molar refractivity (Wildman–Crippen MR) is 94.9 cm³/mol. The van der Waals surface area contributed by atoms with E-state index < -0.39 is 0 Å². The minimum atomic E-state index is -0.209. The zero-order valence-electron chi connectivity index (χ0n) is 13.4. The molecule has 0 aromatic heterocycles. The Morgan fingerprint density at radius 2 is 1.79 bits per heavy atom. The average molecular weight is 366 g/mol. The summed E-state index contributed by atoms with van der Waals surface area (Å²) in [5, 5.41) is 0.917. The summed E-state index contributed by atoms with van der Waals surface area (Å²) in [6.07, 6.45) is 0. The lowest BCUT2D eigenvalue weighted by molar-refractivity contribution is -0.132. The zero-order chi connectivity index (χ0) is 17.7. The second-order valence-electron chi connectivity index (χ2n) is 5.34. The highest BCUT2D eigenvalue weighted by molar-refractivity contribution is 6.42. The largest absolute Gasteiger partial charge is 0.483 e. The fourth-order valence-electron chi connectivity index (χ4n) is 2.13. The van der Waals surface area contributed by atoms with E-state index in [0.717, 1.165) is 5.56 Å². The van der Waals surface area contributed by atoms with Gasteiger partial charge in [-0.3, -0.25) is 9.59 Å². The molecule has 0 atom stereocenters. The number of hydrogen-bond acceptors (Lipinski definition) is 3. The fourth-order valence-corrected chi connectivity index (χ4v) is 2.45. The first-order valence-electron chi connectivity index (χ1n) is 7.29. The number of carbonyl (C=O) groups is 2. The van der Waals surface area contributed by atoms with Crippen LogP contribution in [0.15, 0.2) is 42.5 Å². The molecule has 2 aromatic carbocycles. The Morgan fingerprint density at radius 1 is 1.08 bits per heavy atom. The van der Waals surface area contributed by atoms with E-state index in [9.17, 15) is 9.59 Å². The van der Waals surface area contributed by atoms with Crippen molar-refractivity contribution in [2.75, 3.05) is 13.7 Å². The van der Waals surface area contributed by atoms with E-state index in [0.29, 0.717) is 27.9 Å². The number of rotatable bonds is 6. The molecule has 0 bridgehead atoms. The lowest BCUT2D eigenvalue weighted by Gasteiger charge is -2.18. The van der Waals surface area contributed by atoms with Gasteiger partial charge in [-0.2, -0.15) is 0 Å². The van der Waals surface area contributed by atoms with E-state index in [1.807, 2.05) is 6.07 Å². The maximum absolute atomic E-state index is 12.2. The minimum absolute atomic E-state index is 0.109. The van der Waals surface area contributed by atoms with Crippen LogP contribution < -0.4 is 4.74 Å². The number of ether oxygens (including phenoxy) is 1. The smallest absolute Gasteiger partial charge is 0.260 e. The topological polar surface area (TPSA) is 46.6 Å². The van der Waals surface area contributed by atoms with Crippen molar-refractivity contribution < 1.29 is 14.3 Å². The molecule has 0 aliphatic rings. The van der Waals surface area contributed by atoms with Crippen LogP contribution in [0.3, 0.4) is 0 Å². The van der Waals surface area contributed by atoms with Crippen molar-refractivity contribution in [3.8, 4) is 5.75 Å². The second kappa shape index (κ2) is 8.18.